The predicted octanol–water partition coefficient (Wildman–Crippen LogP) is 4.21. The van der Waals surface area contributed by atoms with Crippen LogP contribution < -0.4 is 15.4 Å². The summed E-state index contributed by atoms with van der Waals surface area (Å²) in [5.41, 5.74) is 2.81. The van der Waals surface area contributed by atoms with Crippen molar-refractivity contribution in [2.45, 2.75) is 13.3 Å². The van der Waals surface area contributed by atoms with Crippen molar-refractivity contribution in [1.82, 2.24) is 0 Å². The molecular formula is C17H19BrN2O2. The summed E-state index contributed by atoms with van der Waals surface area (Å²) < 4.78 is 6.24. The first-order chi connectivity index (χ1) is 10.6. The molecule has 2 N–H and O–H groups in total. The van der Waals surface area contributed by atoms with Crippen LogP contribution in [0.5, 0.6) is 5.75 Å². The predicted molar refractivity (Wildman–Crippen MR) is 93.6 cm³/mol. The van der Waals surface area contributed by atoms with Crippen LogP contribution in [0, 0.1) is 6.92 Å². The molecule has 0 heterocycles. The Hall–Kier alpha value is -2.01. The van der Waals surface area contributed by atoms with Crippen molar-refractivity contribution < 1.29 is 9.53 Å². The molecule has 2 aromatic rings. The Labute approximate surface area is 139 Å². The van der Waals surface area contributed by atoms with Crippen molar-refractivity contribution in [1.29, 1.82) is 0 Å². The van der Waals surface area contributed by atoms with Gasteiger partial charge in [-0.3, -0.25) is 4.79 Å². The van der Waals surface area contributed by atoms with E-state index in [-0.39, 0.29) is 5.91 Å². The van der Waals surface area contributed by atoms with Crippen LogP contribution in [0.15, 0.2) is 46.9 Å². The summed E-state index contributed by atoms with van der Waals surface area (Å²) in [5.74, 6) is 0.739. The largest absolute Gasteiger partial charge is 0.495 e. The molecule has 0 aliphatic rings. The standard InChI is InChI=1S/C17H19BrN2O2/c1-12-7-8-13(11-14(12)18)20-17(21)9-10-19-15-5-3-4-6-16(15)22-2/h3-8,11,19H,9-10H2,1-2H3,(H,20,21). The molecule has 5 heteroatoms. The van der Waals surface area contributed by atoms with Crippen molar-refractivity contribution in [2.75, 3.05) is 24.3 Å². The van der Waals surface area contributed by atoms with Crippen LogP contribution in [-0.4, -0.2) is 19.6 Å². The van der Waals surface area contributed by atoms with E-state index in [2.05, 4.69) is 26.6 Å². The molecule has 0 atom stereocenters. The average molecular weight is 363 g/mol. The van der Waals surface area contributed by atoms with Crippen LogP contribution in [0.4, 0.5) is 11.4 Å². The van der Waals surface area contributed by atoms with Gasteiger partial charge in [0.2, 0.25) is 5.91 Å². The monoisotopic (exact) mass is 362 g/mol. The maximum atomic E-state index is 12.0. The Morgan fingerprint density at radius 3 is 2.73 bits per heavy atom. The van der Waals surface area contributed by atoms with Crippen LogP contribution >= 0.6 is 15.9 Å². The number of methoxy groups -OCH3 is 1. The Balaban J connectivity index is 1.84. The van der Waals surface area contributed by atoms with Gasteiger partial charge in [-0.15, -0.1) is 0 Å². The number of hydrogen-bond donors (Lipinski definition) is 2. The molecule has 0 bridgehead atoms. The summed E-state index contributed by atoms with van der Waals surface area (Å²) in [7, 11) is 1.63. The summed E-state index contributed by atoms with van der Waals surface area (Å²) in [4.78, 5) is 12.0. The van der Waals surface area contributed by atoms with Crippen LogP contribution in [0.2, 0.25) is 0 Å². The van der Waals surface area contributed by atoms with Gasteiger partial charge in [-0.05, 0) is 36.8 Å². The number of halogens is 1. The maximum Gasteiger partial charge on any atom is 0.226 e. The van der Waals surface area contributed by atoms with Gasteiger partial charge >= 0.3 is 0 Å². The first-order valence-corrected chi connectivity index (χ1v) is 7.82. The lowest BCUT2D eigenvalue weighted by Gasteiger charge is -2.11. The molecule has 0 saturated heterocycles. The van der Waals surface area contributed by atoms with Gasteiger partial charge < -0.3 is 15.4 Å². The van der Waals surface area contributed by atoms with E-state index < -0.39 is 0 Å². The third kappa shape index (κ3) is 4.49. The summed E-state index contributed by atoms with van der Waals surface area (Å²) in [6, 6.07) is 13.4. The first kappa shape index (κ1) is 16.4. The van der Waals surface area contributed by atoms with E-state index in [9.17, 15) is 4.79 Å². The molecule has 0 radical (unpaired) electrons. The van der Waals surface area contributed by atoms with Crippen LogP contribution in [0.1, 0.15) is 12.0 Å². The number of ether oxygens (including phenoxy) is 1. The van der Waals surface area contributed by atoms with E-state index in [1.165, 1.54) is 0 Å². The van der Waals surface area contributed by atoms with Gasteiger partial charge in [-0.2, -0.15) is 0 Å². The highest BCUT2D eigenvalue weighted by Gasteiger charge is 2.05. The molecule has 1 amide bonds. The number of aryl methyl sites for hydroxylation is 1. The molecular weight excluding hydrogens is 344 g/mol. The number of hydrogen-bond acceptors (Lipinski definition) is 3. The highest BCUT2D eigenvalue weighted by molar-refractivity contribution is 9.10. The van der Waals surface area contributed by atoms with Crippen LogP contribution in [0.3, 0.4) is 0 Å². The van der Waals surface area contributed by atoms with Crippen molar-refractivity contribution in [3.05, 3.63) is 52.5 Å². The average Bonchev–Trinajstić information content (AvgIpc) is 2.51. The number of rotatable bonds is 6. The van der Waals surface area contributed by atoms with Crippen LogP contribution in [0.25, 0.3) is 0 Å². The zero-order chi connectivity index (χ0) is 15.9. The lowest BCUT2D eigenvalue weighted by Crippen LogP contribution is -2.16. The molecule has 2 aromatic carbocycles. The first-order valence-electron chi connectivity index (χ1n) is 7.03. The van der Waals surface area contributed by atoms with E-state index >= 15 is 0 Å². The molecule has 0 aliphatic heterocycles. The van der Waals surface area contributed by atoms with Gasteiger partial charge in [0.15, 0.2) is 0 Å². The number of amides is 1. The molecule has 0 aliphatic carbocycles. The Morgan fingerprint density at radius 2 is 2.00 bits per heavy atom. The zero-order valence-electron chi connectivity index (χ0n) is 12.7. The molecule has 0 aromatic heterocycles. The van der Waals surface area contributed by atoms with E-state index in [4.69, 9.17) is 4.74 Å². The van der Waals surface area contributed by atoms with Crippen molar-refractivity contribution >= 4 is 33.2 Å². The molecule has 0 saturated carbocycles. The molecule has 2 rings (SSSR count). The fourth-order valence-electron chi connectivity index (χ4n) is 2.00. The summed E-state index contributed by atoms with van der Waals surface area (Å²) in [6.45, 7) is 2.55. The normalized spacial score (nSPS) is 10.1. The van der Waals surface area contributed by atoms with Gasteiger partial charge in [-0.1, -0.05) is 34.1 Å². The second-order valence-corrected chi connectivity index (χ2v) is 5.74. The fraction of sp³-hybridized carbons (Fsp3) is 0.235. The molecule has 0 fully saturated rings. The van der Waals surface area contributed by atoms with E-state index in [1.807, 2.05) is 49.4 Å². The van der Waals surface area contributed by atoms with E-state index in [0.29, 0.717) is 13.0 Å². The van der Waals surface area contributed by atoms with Gasteiger partial charge in [0.05, 0.1) is 12.8 Å². The summed E-state index contributed by atoms with van der Waals surface area (Å²) >= 11 is 3.46. The topological polar surface area (TPSA) is 50.4 Å². The molecule has 22 heavy (non-hydrogen) atoms. The van der Waals surface area contributed by atoms with Crippen molar-refractivity contribution in [3.8, 4) is 5.75 Å². The smallest absolute Gasteiger partial charge is 0.226 e. The number of nitrogens with one attached hydrogen (secondary N) is 2. The third-order valence-corrected chi connectivity index (χ3v) is 4.08. The van der Waals surface area contributed by atoms with Gasteiger partial charge in [0.1, 0.15) is 5.75 Å². The quantitative estimate of drug-likeness (QED) is 0.809. The Bertz CT molecular complexity index is 659. The second-order valence-electron chi connectivity index (χ2n) is 4.89. The number of carbonyl (C=O) groups excluding carboxylic acids is 1. The second kappa shape index (κ2) is 7.84. The van der Waals surface area contributed by atoms with E-state index in [1.54, 1.807) is 7.11 Å². The third-order valence-electron chi connectivity index (χ3n) is 3.23. The lowest BCUT2D eigenvalue weighted by atomic mass is 10.2. The number of anilines is 2. The summed E-state index contributed by atoms with van der Waals surface area (Å²) in [5, 5.41) is 6.09. The van der Waals surface area contributed by atoms with Crippen molar-refractivity contribution in [3.63, 3.8) is 0 Å². The van der Waals surface area contributed by atoms with Crippen LogP contribution in [-0.2, 0) is 4.79 Å². The molecule has 116 valence electrons. The minimum atomic E-state index is -0.0295. The Kier molecular flexibility index (Phi) is 5.83. The van der Waals surface area contributed by atoms with Crippen molar-refractivity contribution in [2.24, 2.45) is 0 Å². The fourth-order valence-corrected chi connectivity index (χ4v) is 2.37. The van der Waals surface area contributed by atoms with Gasteiger partial charge in [-0.25, -0.2) is 0 Å². The molecule has 0 unspecified atom stereocenters. The summed E-state index contributed by atoms with van der Waals surface area (Å²) in [6.07, 6.45) is 0.379. The van der Waals surface area contributed by atoms with Gasteiger partial charge in [0, 0.05) is 23.1 Å². The number of carbonyl (C=O) groups is 1. The lowest BCUT2D eigenvalue weighted by molar-refractivity contribution is -0.115. The number of para-hydroxylation sites is 2. The minimum Gasteiger partial charge on any atom is -0.495 e. The molecule has 0 spiro atoms. The number of benzene rings is 2. The van der Waals surface area contributed by atoms with Gasteiger partial charge in [0.25, 0.3) is 0 Å². The highest BCUT2D eigenvalue weighted by Crippen LogP contribution is 2.23. The Morgan fingerprint density at radius 1 is 1.23 bits per heavy atom. The molecule has 4 nitrogen and oxygen atoms in total. The maximum absolute atomic E-state index is 12.0. The SMILES string of the molecule is COc1ccccc1NCCC(=O)Nc1ccc(C)c(Br)c1. The zero-order valence-corrected chi connectivity index (χ0v) is 14.2. The highest BCUT2D eigenvalue weighted by atomic mass is 79.9. The minimum absolute atomic E-state index is 0.0295. The van der Waals surface area contributed by atoms with E-state index in [0.717, 1.165) is 27.2 Å².